The molecular weight excluding hydrogens is 472 g/mol. The molecule has 0 radical (unpaired) electrons. The number of nitrogens with one attached hydrogen (secondary N) is 2. The summed E-state index contributed by atoms with van der Waals surface area (Å²) in [5, 5.41) is 5.06. The average molecular weight is 493 g/mol. The van der Waals surface area contributed by atoms with Crippen molar-refractivity contribution in [3.05, 3.63) is 95.2 Å². The van der Waals surface area contributed by atoms with E-state index in [1.165, 1.54) is 55.7 Å². The Hall–Kier alpha value is -4.73. The predicted octanol–water partition coefficient (Wildman–Crippen LogP) is 4.08. The van der Waals surface area contributed by atoms with Crippen molar-refractivity contribution in [3.8, 4) is 11.5 Å². The van der Waals surface area contributed by atoms with Gasteiger partial charge in [0, 0.05) is 16.8 Å². The fourth-order valence-electron chi connectivity index (χ4n) is 3.50. The number of benzene rings is 3. The molecule has 4 amide bonds. The average Bonchev–Trinajstić information content (AvgIpc) is 3.13. The first kappa shape index (κ1) is 24.4. The Morgan fingerprint density at radius 3 is 2.50 bits per heavy atom. The molecule has 36 heavy (non-hydrogen) atoms. The molecule has 1 aliphatic heterocycles. The van der Waals surface area contributed by atoms with Gasteiger partial charge in [0.15, 0.2) is 18.1 Å². The van der Waals surface area contributed by atoms with Gasteiger partial charge in [-0.15, -0.1) is 0 Å². The molecule has 1 aliphatic rings. The van der Waals surface area contributed by atoms with Crippen LogP contribution >= 0.6 is 0 Å². The van der Waals surface area contributed by atoms with Gasteiger partial charge in [-0.2, -0.15) is 0 Å². The van der Waals surface area contributed by atoms with Crippen molar-refractivity contribution in [2.24, 2.45) is 0 Å². The maximum atomic E-state index is 14.0. The highest BCUT2D eigenvalue weighted by Gasteiger charge is 2.34. The quantitative estimate of drug-likeness (QED) is 0.364. The van der Waals surface area contributed by atoms with Crippen LogP contribution < -0.4 is 20.1 Å². The first-order valence-electron chi connectivity index (χ1n) is 10.8. The van der Waals surface area contributed by atoms with Gasteiger partial charge >= 0.3 is 6.03 Å². The number of nitrogens with zero attached hydrogens (tertiary/aromatic N) is 1. The van der Waals surface area contributed by atoms with Crippen LogP contribution in [0.4, 0.5) is 19.3 Å². The largest absolute Gasteiger partial charge is 0.493 e. The van der Waals surface area contributed by atoms with Crippen LogP contribution in [0.15, 0.2) is 72.4 Å². The number of imide groups is 1. The Bertz CT molecular complexity index is 1340. The fraction of sp³-hybridized carbons (Fsp3) is 0.115. The second-order valence-electron chi connectivity index (χ2n) is 7.69. The third kappa shape index (κ3) is 5.49. The van der Waals surface area contributed by atoms with E-state index in [1.807, 2.05) is 0 Å². The molecule has 3 aromatic rings. The van der Waals surface area contributed by atoms with Crippen molar-refractivity contribution in [2.75, 3.05) is 19.0 Å². The minimum atomic E-state index is -0.696. The monoisotopic (exact) mass is 493 g/mol. The molecule has 184 valence electrons. The number of rotatable bonds is 8. The summed E-state index contributed by atoms with van der Waals surface area (Å²) in [6.45, 7) is -0.645. The summed E-state index contributed by atoms with van der Waals surface area (Å²) in [4.78, 5) is 38.5. The number of carbonyl (C=O) groups is 3. The van der Waals surface area contributed by atoms with Gasteiger partial charge in [0.2, 0.25) is 0 Å². The summed E-state index contributed by atoms with van der Waals surface area (Å²) < 4.78 is 38.1. The maximum absolute atomic E-state index is 14.0. The lowest BCUT2D eigenvalue weighted by Crippen LogP contribution is -2.30. The van der Waals surface area contributed by atoms with Crippen LogP contribution in [-0.2, 0) is 16.1 Å². The molecule has 2 N–H and O–H groups in total. The van der Waals surface area contributed by atoms with E-state index in [-0.39, 0.29) is 23.6 Å². The number of para-hydroxylation sites is 1. The van der Waals surface area contributed by atoms with Gasteiger partial charge in [-0.25, -0.2) is 13.6 Å². The van der Waals surface area contributed by atoms with Crippen LogP contribution in [-0.4, -0.2) is 36.5 Å². The van der Waals surface area contributed by atoms with Gasteiger partial charge in [-0.3, -0.25) is 14.5 Å². The van der Waals surface area contributed by atoms with Crippen LogP contribution in [0.3, 0.4) is 0 Å². The van der Waals surface area contributed by atoms with E-state index in [9.17, 15) is 23.2 Å². The molecule has 3 aromatic carbocycles. The topological polar surface area (TPSA) is 97.0 Å². The molecule has 0 aromatic heterocycles. The van der Waals surface area contributed by atoms with Gasteiger partial charge in [-0.1, -0.05) is 30.3 Å². The highest BCUT2D eigenvalue weighted by molar-refractivity contribution is 6.14. The Balaban J connectivity index is 1.52. The van der Waals surface area contributed by atoms with Gasteiger partial charge in [0.25, 0.3) is 11.8 Å². The van der Waals surface area contributed by atoms with Crippen molar-refractivity contribution >= 4 is 29.6 Å². The summed E-state index contributed by atoms with van der Waals surface area (Å²) in [6, 6.07) is 15.3. The lowest BCUT2D eigenvalue weighted by Gasteiger charge is -2.14. The van der Waals surface area contributed by atoms with E-state index in [2.05, 4.69) is 10.6 Å². The van der Waals surface area contributed by atoms with E-state index in [0.717, 1.165) is 4.90 Å². The van der Waals surface area contributed by atoms with Crippen LogP contribution in [0, 0.1) is 11.6 Å². The molecule has 1 saturated heterocycles. The van der Waals surface area contributed by atoms with Gasteiger partial charge in [-0.05, 0) is 42.5 Å². The molecule has 0 bridgehead atoms. The van der Waals surface area contributed by atoms with E-state index in [1.54, 1.807) is 24.3 Å². The Kier molecular flexibility index (Phi) is 7.24. The Morgan fingerprint density at radius 2 is 1.78 bits per heavy atom. The summed E-state index contributed by atoms with van der Waals surface area (Å²) in [7, 11) is 1.41. The predicted molar refractivity (Wildman–Crippen MR) is 127 cm³/mol. The van der Waals surface area contributed by atoms with E-state index in [0.29, 0.717) is 17.0 Å². The van der Waals surface area contributed by atoms with Crippen LogP contribution in [0.2, 0.25) is 0 Å². The molecule has 1 heterocycles. The lowest BCUT2D eigenvalue weighted by molar-refractivity contribution is -0.123. The number of ether oxygens (including phenoxy) is 2. The third-order valence-electron chi connectivity index (χ3n) is 5.25. The number of urea groups is 1. The summed E-state index contributed by atoms with van der Waals surface area (Å²) in [5.74, 6) is -1.66. The van der Waals surface area contributed by atoms with Crippen LogP contribution in [0.5, 0.6) is 11.5 Å². The van der Waals surface area contributed by atoms with E-state index < -0.39 is 36.1 Å². The number of anilines is 1. The molecule has 4 rings (SSSR count). The van der Waals surface area contributed by atoms with Gasteiger partial charge < -0.3 is 20.1 Å². The number of methoxy groups -OCH3 is 1. The van der Waals surface area contributed by atoms with Crippen molar-refractivity contribution in [3.63, 3.8) is 0 Å². The second-order valence-corrected chi connectivity index (χ2v) is 7.69. The highest BCUT2D eigenvalue weighted by atomic mass is 19.1. The highest BCUT2D eigenvalue weighted by Crippen LogP contribution is 2.33. The Morgan fingerprint density at radius 1 is 1.03 bits per heavy atom. The minimum absolute atomic E-state index is 0.0507. The standard InChI is InChI=1S/C26H21F2N3O5/c1-35-22-8-4-6-16(24(22)36-15-23(32)29-19-11-9-18(27)10-12-19)13-21-25(33)31(26(34)30-21)14-17-5-2-3-7-20(17)28/h2-13H,14-15H2,1H3,(H,29,32)(H,30,34). The van der Waals surface area contributed by atoms with Crippen molar-refractivity contribution in [1.29, 1.82) is 0 Å². The minimum Gasteiger partial charge on any atom is -0.493 e. The molecule has 8 nitrogen and oxygen atoms in total. The first-order valence-corrected chi connectivity index (χ1v) is 10.8. The zero-order valence-electron chi connectivity index (χ0n) is 19.1. The summed E-state index contributed by atoms with van der Waals surface area (Å²) in [5.41, 5.74) is 0.895. The van der Waals surface area contributed by atoms with Crippen molar-refractivity contribution < 1.29 is 32.6 Å². The number of halogens is 2. The number of carbonyl (C=O) groups excluding carboxylic acids is 3. The molecule has 1 fully saturated rings. The van der Waals surface area contributed by atoms with Gasteiger partial charge in [0.05, 0.1) is 13.7 Å². The molecular formula is C26H21F2N3O5. The van der Waals surface area contributed by atoms with Crippen molar-refractivity contribution in [1.82, 2.24) is 10.2 Å². The van der Waals surface area contributed by atoms with E-state index >= 15 is 0 Å². The molecule has 0 saturated carbocycles. The van der Waals surface area contributed by atoms with Crippen LogP contribution in [0.25, 0.3) is 6.08 Å². The second kappa shape index (κ2) is 10.7. The zero-order valence-corrected chi connectivity index (χ0v) is 19.1. The molecule has 10 heteroatoms. The van der Waals surface area contributed by atoms with E-state index in [4.69, 9.17) is 9.47 Å². The molecule has 0 atom stereocenters. The smallest absolute Gasteiger partial charge is 0.329 e. The summed E-state index contributed by atoms with van der Waals surface area (Å²) >= 11 is 0. The Labute approximate surface area is 205 Å². The van der Waals surface area contributed by atoms with Gasteiger partial charge in [0.1, 0.15) is 17.3 Å². The van der Waals surface area contributed by atoms with Crippen molar-refractivity contribution in [2.45, 2.75) is 6.54 Å². The fourth-order valence-corrected chi connectivity index (χ4v) is 3.50. The lowest BCUT2D eigenvalue weighted by atomic mass is 10.1. The number of amides is 4. The number of hydrogen-bond donors (Lipinski definition) is 2. The molecule has 0 aliphatic carbocycles. The zero-order chi connectivity index (χ0) is 25.7. The SMILES string of the molecule is COc1cccc(C=C2NC(=O)N(Cc3ccccc3F)C2=O)c1OCC(=O)Nc1ccc(F)cc1. The summed E-state index contributed by atoms with van der Waals surface area (Å²) in [6.07, 6.45) is 1.39. The maximum Gasteiger partial charge on any atom is 0.329 e. The first-order chi connectivity index (χ1) is 17.4. The normalized spacial score (nSPS) is 14.1. The molecule has 0 unspecified atom stereocenters. The third-order valence-corrected chi connectivity index (χ3v) is 5.25. The van der Waals surface area contributed by atoms with Crippen LogP contribution in [0.1, 0.15) is 11.1 Å². The molecule has 0 spiro atoms. The number of hydrogen-bond acceptors (Lipinski definition) is 5.